The summed E-state index contributed by atoms with van der Waals surface area (Å²) in [5.74, 6) is -1.49. The fourth-order valence-corrected chi connectivity index (χ4v) is 1.41. The maximum atomic E-state index is 11.5. The van der Waals surface area contributed by atoms with Crippen LogP contribution in [0.4, 0.5) is 0 Å². The van der Waals surface area contributed by atoms with Crippen molar-refractivity contribution in [2.24, 2.45) is 11.8 Å². The van der Waals surface area contributed by atoms with Gasteiger partial charge in [-0.05, 0) is 20.3 Å². The minimum atomic E-state index is -0.436. The number of esters is 2. The van der Waals surface area contributed by atoms with Crippen molar-refractivity contribution in [2.45, 2.75) is 34.1 Å². The Morgan fingerprint density at radius 2 is 1.39 bits per heavy atom. The van der Waals surface area contributed by atoms with Crippen LogP contribution in [0.1, 0.15) is 34.1 Å². The van der Waals surface area contributed by atoms with Crippen LogP contribution >= 0.6 is 0 Å². The summed E-state index contributed by atoms with van der Waals surface area (Å²) in [6.45, 7) is 7.73. The SMILES string of the molecule is CCOC(=O)C(C)C(CC)C(=O)OCC.O=C=O. The summed E-state index contributed by atoms with van der Waals surface area (Å²) in [5, 5.41) is 0. The second-order valence-electron chi connectivity index (χ2n) is 3.39. The van der Waals surface area contributed by atoms with Crippen molar-refractivity contribution in [1.29, 1.82) is 0 Å². The first kappa shape index (κ1) is 18.7. The van der Waals surface area contributed by atoms with Gasteiger partial charge in [0.1, 0.15) is 0 Å². The lowest BCUT2D eigenvalue weighted by atomic mass is 9.92. The summed E-state index contributed by atoms with van der Waals surface area (Å²) in [4.78, 5) is 39.2. The summed E-state index contributed by atoms with van der Waals surface area (Å²) in [5.41, 5.74) is 0. The third-order valence-corrected chi connectivity index (χ3v) is 2.29. The quantitative estimate of drug-likeness (QED) is 0.667. The maximum absolute atomic E-state index is 11.5. The van der Waals surface area contributed by atoms with E-state index in [1.165, 1.54) is 0 Å². The van der Waals surface area contributed by atoms with Crippen LogP contribution in [0.3, 0.4) is 0 Å². The molecule has 104 valence electrons. The first-order valence-electron chi connectivity index (χ1n) is 5.82. The van der Waals surface area contributed by atoms with Gasteiger partial charge in [0.05, 0.1) is 25.0 Å². The van der Waals surface area contributed by atoms with E-state index in [0.717, 1.165) is 0 Å². The van der Waals surface area contributed by atoms with Gasteiger partial charge in [-0.1, -0.05) is 13.8 Å². The van der Waals surface area contributed by atoms with Crippen LogP contribution in [-0.4, -0.2) is 31.3 Å². The van der Waals surface area contributed by atoms with Gasteiger partial charge in [0.15, 0.2) is 0 Å². The van der Waals surface area contributed by atoms with Gasteiger partial charge in [0, 0.05) is 0 Å². The van der Waals surface area contributed by atoms with Crippen molar-refractivity contribution in [2.75, 3.05) is 13.2 Å². The Labute approximate surface area is 107 Å². The maximum Gasteiger partial charge on any atom is 0.373 e. The minimum Gasteiger partial charge on any atom is -0.466 e. The second kappa shape index (κ2) is 11.8. The van der Waals surface area contributed by atoms with Crippen LogP contribution < -0.4 is 0 Å². The molecule has 0 N–H and O–H groups in total. The number of hydrogen-bond donors (Lipinski definition) is 0. The van der Waals surface area contributed by atoms with Gasteiger partial charge in [-0.25, -0.2) is 0 Å². The number of carbonyl (C=O) groups excluding carboxylic acids is 4. The van der Waals surface area contributed by atoms with E-state index in [1.807, 2.05) is 6.92 Å². The summed E-state index contributed by atoms with van der Waals surface area (Å²) >= 11 is 0. The highest BCUT2D eigenvalue weighted by Crippen LogP contribution is 2.18. The highest BCUT2D eigenvalue weighted by atomic mass is 16.5. The average molecular weight is 260 g/mol. The third-order valence-electron chi connectivity index (χ3n) is 2.29. The van der Waals surface area contributed by atoms with E-state index in [2.05, 4.69) is 0 Å². The van der Waals surface area contributed by atoms with Crippen molar-refractivity contribution in [3.63, 3.8) is 0 Å². The Hall–Kier alpha value is -1.68. The molecule has 18 heavy (non-hydrogen) atoms. The zero-order chi connectivity index (χ0) is 14.6. The number of hydrogen-bond acceptors (Lipinski definition) is 6. The summed E-state index contributed by atoms with van der Waals surface area (Å²) in [6.07, 6.45) is 0.832. The predicted octanol–water partition coefficient (Wildman–Crippen LogP) is 1.19. The molecule has 6 nitrogen and oxygen atoms in total. The van der Waals surface area contributed by atoms with Gasteiger partial charge in [-0.15, -0.1) is 0 Å². The number of ether oxygens (including phenoxy) is 2. The molecule has 0 saturated heterocycles. The van der Waals surface area contributed by atoms with Crippen molar-refractivity contribution in [3.05, 3.63) is 0 Å². The molecule has 0 amide bonds. The lowest BCUT2D eigenvalue weighted by molar-refractivity contribution is -0.191. The molecule has 2 unspecified atom stereocenters. The molecule has 2 atom stereocenters. The van der Waals surface area contributed by atoms with Crippen LogP contribution in [0.15, 0.2) is 0 Å². The second-order valence-corrected chi connectivity index (χ2v) is 3.39. The molecule has 0 saturated carbocycles. The topological polar surface area (TPSA) is 86.7 Å². The molecule has 0 rings (SSSR count). The Morgan fingerprint density at radius 3 is 1.72 bits per heavy atom. The van der Waals surface area contributed by atoms with Crippen molar-refractivity contribution >= 4 is 18.1 Å². The molecule has 0 radical (unpaired) electrons. The molecule has 0 heterocycles. The Bertz CT molecular complexity index is 280. The number of carbonyl (C=O) groups is 2. The molecule has 0 aliphatic rings. The van der Waals surface area contributed by atoms with Gasteiger partial charge in [-0.2, -0.15) is 9.59 Å². The predicted molar refractivity (Wildman–Crippen MR) is 61.2 cm³/mol. The van der Waals surface area contributed by atoms with Gasteiger partial charge in [0.2, 0.25) is 0 Å². The lowest BCUT2D eigenvalue weighted by Crippen LogP contribution is -2.30. The van der Waals surface area contributed by atoms with Crippen LogP contribution in [0, 0.1) is 11.8 Å². The molecule has 0 spiro atoms. The molecule has 0 fully saturated rings. The van der Waals surface area contributed by atoms with E-state index in [-0.39, 0.29) is 18.1 Å². The minimum absolute atomic E-state index is 0.250. The van der Waals surface area contributed by atoms with E-state index in [0.29, 0.717) is 19.6 Å². The highest BCUT2D eigenvalue weighted by Gasteiger charge is 2.30. The van der Waals surface area contributed by atoms with E-state index in [1.54, 1.807) is 20.8 Å². The van der Waals surface area contributed by atoms with Gasteiger partial charge < -0.3 is 9.47 Å². The van der Waals surface area contributed by atoms with Crippen molar-refractivity contribution in [3.8, 4) is 0 Å². The highest BCUT2D eigenvalue weighted by molar-refractivity contribution is 5.81. The molecule has 0 aromatic rings. The fourth-order valence-electron chi connectivity index (χ4n) is 1.41. The van der Waals surface area contributed by atoms with Crippen molar-refractivity contribution in [1.82, 2.24) is 0 Å². The molecular formula is C12H20O6. The van der Waals surface area contributed by atoms with E-state index < -0.39 is 11.8 Å². The van der Waals surface area contributed by atoms with Crippen LogP contribution in [0.2, 0.25) is 0 Å². The summed E-state index contributed by atoms with van der Waals surface area (Å²) < 4.78 is 9.77. The molecule has 0 aliphatic carbocycles. The Morgan fingerprint density at radius 1 is 1.00 bits per heavy atom. The lowest BCUT2D eigenvalue weighted by Gasteiger charge is -2.19. The Kier molecular flexibility index (Phi) is 12.2. The zero-order valence-corrected chi connectivity index (χ0v) is 11.2. The average Bonchev–Trinajstić information content (AvgIpc) is 2.31. The molecule has 0 aromatic heterocycles. The smallest absolute Gasteiger partial charge is 0.373 e. The molecule has 6 heteroatoms. The van der Waals surface area contributed by atoms with Gasteiger partial charge in [0.25, 0.3) is 0 Å². The van der Waals surface area contributed by atoms with E-state index >= 15 is 0 Å². The first-order valence-corrected chi connectivity index (χ1v) is 5.82. The van der Waals surface area contributed by atoms with E-state index in [4.69, 9.17) is 19.1 Å². The van der Waals surface area contributed by atoms with Crippen LogP contribution in [0.25, 0.3) is 0 Å². The molecule has 0 aliphatic heterocycles. The van der Waals surface area contributed by atoms with Crippen LogP contribution in [0.5, 0.6) is 0 Å². The van der Waals surface area contributed by atoms with Crippen LogP contribution in [-0.2, 0) is 28.7 Å². The summed E-state index contributed by atoms with van der Waals surface area (Å²) in [7, 11) is 0. The fraction of sp³-hybridized carbons (Fsp3) is 0.750. The first-order chi connectivity index (χ1) is 8.49. The normalized spacial score (nSPS) is 12.2. The third kappa shape index (κ3) is 7.57. The van der Waals surface area contributed by atoms with Gasteiger partial charge >= 0.3 is 18.1 Å². The monoisotopic (exact) mass is 260 g/mol. The Balaban J connectivity index is 0. The standard InChI is InChI=1S/C11H20O4.CO2/c1-5-9(11(13)15-7-3)8(4)10(12)14-6-2;2-1-3/h8-9H,5-7H2,1-4H3;. The largest absolute Gasteiger partial charge is 0.466 e. The molecule has 0 aromatic carbocycles. The summed E-state index contributed by atoms with van der Waals surface area (Å²) in [6, 6.07) is 0. The zero-order valence-electron chi connectivity index (χ0n) is 11.2. The molecular weight excluding hydrogens is 240 g/mol. The van der Waals surface area contributed by atoms with E-state index in [9.17, 15) is 9.59 Å². The molecule has 0 bridgehead atoms. The number of rotatable bonds is 6. The van der Waals surface area contributed by atoms with Crippen molar-refractivity contribution < 1.29 is 28.7 Å². The van der Waals surface area contributed by atoms with Gasteiger partial charge in [-0.3, -0.25) is 9.59 Å².